The van der Waals surface area contributed by atoms with E-state index in [1.807, 2.05) is 13.8 Å². The molecule has 0 saturated carbocycles. The Bertz CT molecular complexity index is 816. The van der Waals surface area contributed by atoms with E-state index in [-0.39, 0.29) is 10.6 Å². The molecule has 0 radical (unpaired) electrons. The number of halogens is 1. The molecule has 0 aliphatic heterocycles. The highest BCUT2D eigenvalue weighted by atomic mass is 35.5. The van der Waals surface area contributed by atoms with Gasteiger partial charge in [-0.3, -0.25) is 0 Å². The minimum Gasteiger partial charge on any atom is -0.507 e. The van der Waals surface area contributed by atoms with Crippen LogP contribution < -0.4 is 4.83 Å². The van der Waals surface area contributed by atoms with Gasteiger partial charge in [0.1, 0.15) is 5.75 Å². The van der Waals surface area contributed by atoms with Gasteiger partial charge in [0.15, 0.2) is 0 Å². The number of nitrogens with one attached hydrogen (secondary N) is 1. The normalized spacial score (nSPS) is 12.0. The van der Waals surface area contributed by atoms with Gasteiger partial charge in [-0.1, -0.05) is 37.6 Å². The number of aromatic hydroxyl groups is 1. The number of rotatable bonds is 5. The average Bonchev–Trinajstić information content (AvgIpc) is 2.50. The van der Waals surface area contributed by atoms with Crippen LogP contribution in [0.1, 0.15) is 30.9 Å². The number of hydrogen-bond acceptors (Lipinski definition) is 4. The molecule has 0 heterocycles. The first-order valence-corrected chi connectivity index (χ1v) is 8.79. The maximum Gasteiger partial charge on any atom is 0.276 e. The first-order chi connectivity index (χ1) is 10.8. The third kappa shape index (κ3) is 4.46. The van der Waals surface area contributed by atoms with E-state index >= 15 is 0 Å². The SMILES string of the molecule is CC(C)c1ccc(S(=O)(=O)N/N=C/c2cc(Cl)ccc2O)cc1. The second-order valence-electron chi connectivity index (χ2n) is 5.28. The van der Waals surface area contributed by atoms with Gasteiger partial charge in [0.05, 0.1) is 11.1 Å². The number of sulfonamides is 1. The fourth-order valence-corrected chi connectivity index (χ4v) is 2.85. The fourth-order valence-electron chi connectivity index (χ4n) is 1.88. The van der Waals surface area contributed by atoms with Crippen molar-refractivity contribution in [3.63, 3.8) is 0 Å². The molecular formula is C16H17ClN2O3S. The van der Waals surface area contributed by atoms with Crippen LogP contribution in [0.5, 0.6) is 5.75 Å². The molecule has 0 amide bonds. The summed E-state index contributed by atoms with van der Waals surface area (Å²) in [6, 6.07) is 11.0. The molecule has 0 aromatic heterocycles. The van der Waals surface area contributed by atoms with Crippen LogP contribution >= 0.6 is 11.6 Å². The Kier molecular flexibility index (Phi) is 5.28. The van der Waals surface area contributed by atoms with Crippen molar-refractivity contribution >= 4 is 27.8 Å². The zero-order valence-corrected chi connectivity index (χ0v) is 14.3. The maximum absolute atomic E-state index is 12.1. The van der Waals surface area contributed by atoms with Crippen molar-refractivity contribution in [2.24, 2.45) is 5.10 Å². The Morgan fingerprint density at radius 1 is 1.17 bits per heavy atom. The molecule has 0 bridgehead atoms. The van der Waals surface area contributed by atoms with E-state index in [0.717, 1.165) is 5.56 Å². The Hall–Kier alpha value is -2.05. The highest BCUT2D eigenvalue weighted by Crippen LogP contribution is 2.20. The second-order valence-corrected chi connectivity index (χ2v) is 7.38. The average molecular weight is 353 g/mol. The number of hydrogen-bond donors (Lipinski definition) is 2. The molecule has 0 spiro atoms. The highest BCUT2D eigenvalue weighted by Gasteiger charge is 2.13. The predicted molar refractivity (Wildman–Crippen MR) is 91.6 cm³/mol. The monoisotopic (exact) mass is 352 g/mol. The van der Waals surface area contributed by atoms with Crippen LogP contribution in [0.25, 0.3) is 0 Å². The van der Waals surface area contributed by atoms with Crippen molar-refractivity contribution in [2.45, 2.75) is 24.7 Å². The third-order valence-electron chi connectivity index (χ3n) is 3.22. The predicted octanol–water partition coefficient (Wildman–Crippen LogP) is 3.48. The van der Waals surface area contributed by atoms with E-state index in [1.165, 1.54) is 36.5 Å². The molecule has 2 rings (SSSR count). The summed E-state index contributed by atoms with van der Waals surface area (Å²) in [7, 11) is -3.76. The molecule has 0 fully saturated rings. The molecule has 2 N–H and O–H groups in total. The van der Waals surface area contributed by atoms with Crippen molar-refractivity contribution < 1.29 is 13.5 Å². The molecule has 0 aliphatic carbocycles. The minimum absolute atomic E-state index is 0.0429. The number of hydrazone groups is 1. The van der Waals surface area contributed by atoms with Gasteiger partial charge in [-0.05, 0) is 41.8 Å². The summed E-state index contributed by atoms with van der Waals surface area (Å²) >= 11 is 5.81. The number of phenolic OH excluding ortho intramolecular Hbond substituents is 1. The van der Waals surface area contributed by atoms with Gasteiger partial charge < -0.3 is 5.11 Å². The molecule has 23 heavy (non-hydrogen) atoms. The molecule has 0 unspecified atom stereocenters. The highest BCUT2D eigenvalue weighted by molar-refractivity contribution is 7.89. The first kappa shape index (κ1) is 17.3. The third-order valence-corrected chi connectivity index (χ3v) is 4.70. The number of nitrogens with zero attached hydrogens (tertiary/aromatic N) is 1. The van der Waals surface area contributed by atoms with E-state index in [4.69, 9.17) is 11.6 Å². The molecule has 7 heteroatoms. The van der Waals surface area contributed by atoms with E-state index in [2.05, 4.69) is 9.93 Å². The largest absolute Gasteiger partial charge is 0.507 e. The summed E-state index contributed by atoms with van der Waals surface area (Å²) in [5, 5.41) is 13.7. The second kappa shape index (κ2) is 7.02. The van der Waals surface area contributed by atoms with Crippen molar-refractivity contribution in [3.05, 3.63) is 58.6 Å². The molecule has 0 atom stereocenters. The zero-order chi connectivity index (χ0) is 17.0. The van der Waals surface area contributed by atoms with E-state index < -0.39 is 10.0 Å². The van der Waals surface area contributed by atoms with E-state index in [9.17, 15) is 13.5 Å². The van der Waals surface area contributed by atoms with Crippen LogP contribution in [0.15, 0.2) is 52.5 Å². The summed E-state index contributed by atoms with van der Waals surface area (Å²) in [6.45, 7) is 4.06. The quantitative estimate of drug-likeness (QED) is 0.638. The van der Waals surface area contributed by atoms with E-state index in [0.29, 0.717) is 16.5 Å². The minimum atomic E-state index is -3.76. The lowest BCUT2D eigenvalue weighted by molar-refractivity contribution is 0.474. The van der Waals surface area contributed by atoms with Gasteiger partial charge in [-0.15, -0.1) is 0 Å². The Morgan fingerprint density at radius 3 is 2.43 bits per heavy atom. The zero-order valence-electron chi connectivity index (χ0n) is 12.7. The first-order valence-electron chi connectivity index (χ1n) is 6.93. The Balaban J connectivity index is 2.15. The lowest BCUT2D eigenvalue weighted by Gasteiger charge is -2.07. The standard InChI is InChI=1S/C16H17ClN2O3S/c1-11(2)12-3-6-15(7-4-12)23(21,22)19-18-10-13-9-14(17)5-8-16(13)20/h3-11,19-20H,1-2H3/b18-10+. The molecular weight excluding hydrogens is 336 g/mol. The van der Waals surface area contributed by atoms with E-state index in [1.54, 1.807) is 12.1 Å². The fraction of sp³-hybridized carbons (Fsp3) is 0.188. The van der Waals surface area contributed by atoms with Crippen molar-refractivity contribution in [1.82, 2.24) is 4.83 Å². The van der Waals surface area contributed by atoms with Crippen molar-refractivity contribution in [2.75, 3.05) is 0 Å². The molecule has 0 aliphatic rings. The lowest BCUT2D eigenvalue weighted by Crippen LogP contribution is -2.18. The Labute approximate surface area is 140 Å². The van der Waals surface area contributed by atoms with Crippen LogP contribution in [-0.2, 0) is 10.0 Å². The van der Waals surface area contributed by atoms with Crippen LogP contribution in [0.2, 0.25) is 5.02 Å². The summed E-state index contributed by atoms with van der Waals surface area (Å²) in [5.41, 5.74) is 1.37. The van der Waals surface area contributed by atoms with Gasteiger partial charge >= 0.3 is 0 Å². The summed E-state index contributed by atoms with van der Waals surface area (Å²) < 4.78 is 24.3. The molecule has 5 nitrogen and oxygen atoms in total. The maximum atomic E-state index is 12.1. The summed E-state index contributed by atoms with van der Waals surface area (Å²) in [6.07, 6.45) is 1.20. The van der Waals surface area contributed by atoms with Crippen molar-refractivity contribution in [1.29, 1.82) is 0 Å². The van der Waals surface area contributed by atoms with Gasteiger partial charge in [-0.2, -0.15) is 13.5 Å². The summed E-state index contributed by atoms with van der Waals surface area (Å²) in [4.78, 5) is 2.23. The van der Waals surface area contributed by atoms with Crippen LogP contribution in [-0.4, -0.2) is 19.7 Å². The van der Waals surface area contributed by atoms with Gasteiger partial charge in [0, 0.05) is 10.6 Å². The van der Waals surface area contributed by atoms with Gasteiger partial charge in [0.25, 0.3) is 10.0 Å². The Morgan fingerprint density at radius 2 is 1.83 bits per heavy atom. The summed E-state index contributed by atoms with van der Waals surface area (Å²) in [5.74, 6) is 0.280. The lowest BCUT2D eigenvalue weighted by atomic mass is 10.0. The van der Waals surface area contributed by atoms with Crippen LogP contribution in [0, 0.1) is 0 Å². The molecule has 122 valence electrons. The molecule has 2 aromatic rings. The number of phenols is 1. The smallest absolute Gasteiger partial charge is 0.276 e. The van der Waals surface area contributed by atoms with Gasteiger partial charge in [0.2, 0.25) is 0 Å². The molecule has 2 aromatic carbocycles. The van der Waals surface area contributed by atoms with Gasteiger partial charge in [-0.25, -0.2) is 4.83 Å². The van der Waals surface area contributed by atoms with Crippen molar-refractivity contribution in [3.8, 4) is 5.75 Å². The number of benzene rings is 2. The molecule has 0 saturated heterocycles. The van der Waals surface area contributed by atoms with Crippen LogP contribution in [0.4, 0.5) is 0 Å². The topological polar surface area (TPSA) is 78.8 Å². The van der Waals surface area contributed by atoms with Crippen LogP contribution in [0.3, 0.4) is 0 Å².